The summed E-state index contributed by atoms with van der Waals surface area (Å²) < 4.78 is 19.0. The highest BCUT2D eigenvalue weighted by Crippen LogP contribution is 2.30. The molecule has 0 aliphatic rings. The Kier molecular flexibility index (Phi) is 4.10. The zero-order valence-electron chi connectivity index (χ0n) is 13.2. The van der Waals surface area contributed by atoms with Crippen molar-refractivity contribution in [2.45, 2.75) is 0 Å². The number of anilines is 1. The van der Waals surface area contributed by atoms with Crippen molar-refractivity contribution in [3.63, 3.8) is 0 Å². The number of oxazole rings is 1. The molecule has 5 nitrogen and oxygen atoms in total. The Bertz CT molecular complexity index is 1090. The second kappa shape index (κ2) is 6.57. The van der Waals surface area contributed by atoms with E-state index in [1.807, 2.05) is 0 Å². The van der Waals surface area contributed by atoms with Gasteiger partial charge in [0.25, 0.3) is 5.91 Å². The molecule has 0 spiro atoms. The Morgan fingerprint density at radius 2 is 2.00 bits per heavy atom. The summed E-state index contributed by atoms with van der Waals surface area (Å²) in [7, 11) is 0. The van der Waals surface area contributed by atoms with Gasteiger partial charge in [-0.05, 0) is 48.5 Å². The molecule has 0 saturated carbocycles. The van der Waals surface area contributed by atoms with Gasteiger partial charge in [-0.1, -0.05) is 17.7 Å². The average Bonchev–Trinajstić information content (AvgIpc) is 3.07. The smallest absolute Gasteiger partial charge is 0.255 e. The minimum atomic E-state index is -0.489. The fraction of sp³-hybridized carbons (Fsp3) is 0. The third-order valence-electron chi connectivity index (χ3n) is 3.71. The van der Waals surface area contributed by atoms with E-state index in [4.69, 9.17) is 16.0 Å². The molecule has 4 rings (SSSR count). The number of nitrogens with one attached hydrogen (secondary N) is 1. The van der Waals surface area contributed by atoms with Gasteiger partial charge in [0.15, 0.2) is 11.2 Å². The highest BCUT2D eigenvalue weighted by molar-refractivity contribution is 6.34. The van der Waals surface area contributed by atoms with Gasteiger partial charge in [0.2, 0.25) is 5.89 Å². The van der Waals surface area contributed by atoms with Crippen molar-refractivity contribution >= 4 is 34.4 Å². The average molecular weight is 368 g/mol. The molecule has 0 bridgehead atoms. The van der Waals surface area contributed by atoms with Gasteiger partial charge >= 0.3 is 0 Å². The molecule has 2 aromatic heterocycles. The molecule has 7 heteroatoms. The molecule has 0 aliphatic carbocycles. The van der Waals surface area contributed by atoms with Crippen molar-refractivity contribution < 1.29 is 13.6 Å². The number of fused-ring (bicyclic) bond motifs is 1. The van der Waals surface area contributed by atoms with Gasteiger partial charge in [0, 0.05) is 17.3 Å². The molecule has 0 fully saturated rings. The number of benzene rings is 2. The molecule has 0 radical (unpaired) electrons. The number of nitrogens with zero attached hydrogens (tertiary/aromatic N) is 2. The van der Waals surface area contributed by atoms with Gasteiger partial charge in [0.1, 0.15) is 5.82 Å². The number of rotatable bonds is 3. The fourth-order valence-corrected chi connectivity index (χ4v) is 2.64. The molecule has 26 heavy (non-hydrogen) atoms. The van der Waals surface area contributed by atoms with E-state index in [2.05, 4.69) is 15.3 Å². The van der Waals surface area contributed by atoms with Crippen LogP contribution in [0.2, 0.25) is 5.02 Å². The van der Waals surface area contributed by atoms with Crippen LogP contribution in [-0.2, 0) is 0 Å². The number of pyridine rings is 1. The fourth-order valence-electron chi connectivity index (χ4n) is 2.47. The van der Waals surface area contributed by atoms with Crippen molar-refractivity contribution in [3.8, 4) is 11.5 Å². The van der Waals surface area contributed by atoms with E-state index >= 15 is 0 Å². The first-order valence-electron chi connectivity index (χ1n) is 7.68. The molecule has 4 aromatic rings. The second-order valence-electron chi connectivity index (χ2n) is 5.50. The molecule has 0 aliphatic heterocycles. The molecule has 1 amide bonds. The molecular formula is C19H11ClFN3O2. The van der Waals surface area contributed by atoms with Crippen LogP contribution in [0, 0.1) is 5.82 Å². The van der Waals surface area contributed by atoms with E-state index in [1.165, 1.54) is 18.2 Å². The molecule has 0 unspecified atom stereocenters. The van der Waals surface area contributed by atoms with Crippen molar-refractivity contribution in [3.05, 3.63) is 77.2 Å². The van der Waals surface area contributed by atoms with Gasteiger partial charge in [-0.3, -0.25) is 4.79 Å². The third-order valence-corrected chi connectivity index (χ3v) is 4.04. The zero-order chi connectivity index (χ0) is 18.1. The van der Waals surface area contributed by atoms with E-state index in [1.54, 1.807) is 36.5 Å². The van der Waals surface area contributed by atoms with Crippen LogP contribution in [0.25, 0.3) is 22.7 Å². The first-order chi connectivity index (χ1) is 12.6. The normalized spacial score (nSPS) is 10.8. The lowest BCUT2D eigenvalue weighted by Gasteiger charge is -2.08. The lowest BCUT2D eigenvalue weighted by atomic mass is 10.1. The van der Waals surface area contributed by atoms with E-state index < -0.39 is 11.7 Å². The Morgan fingerprint density at radius 1 is 1.12 bits per heavy atom. The Balaban J connectivity index is 1.67. The predicted octanol–water partition coefficient (Wildman–Crippen LogP) is 4.93. The monoisotopic (exact) mass is 367 g/mol. The van der Waals surface area contributed by atoms with Crippen LogP contribution >= 0.6 is 11.6 Å². The largest absolute Gasteiger partial charge is 0.434 e. The van der Waals surface area contributed by atoms with E-state index in [0.29, 0.717) is 33.4 Å². The quantitative estimate of drug-likeness (QED) is 0.557. The summed E-state index contributed by atoms with van der Waals surface area (Å²) in [6, 6.07) is 13.9. The second-order valence-corrected chi connectivity index (χ2v) is 5.91. The Labute approximate surface area is 152 Å². The van der Waals surface area contributed by atoms with Crippen molar-refractivity contribution in [1.82, 2.24) is 9.97 Å². The maximum atomic E-state index is 13.3. The maximum absolute atomic E-state index is 13.3. The zero-order valence-corrected chi connectivity index (χ0v) is 14.0. The molecule has 1 N–H and O–H groups in total. The molecule has 2 aromatic carbocycles. The van der Waals surface area contributed by atoms with Crippen LogP contribution in [0.5, 0.6) is 0 Å². The van der Waals surface area contributed by atoms with Gasteiger partial charge in [0.05, 0.1) is 10.7 Å². The third kappa shape index (κ3) is 3.14. The van der Waals surface area contributed by atoms with Crippen LogP contribution in [-0.4, -0.2) is 15.9 Å². The Hall–Kier alpha value is -3.25. The summed E-state index contributed by atoms with van der Waals surface area (Å²) in [5.74, 6) is -0.601. The molecule has 0 saturated heterocycles. The van der Waals surface area contributed by atoms with Gasteiger partial charge < -0.3 is 9.73 Å². The first-order valence-corrected chi connectivity index (χ1v) is 8.06. The van der Waals surface area contributed by atoms with Crippen molar-refractivity contribution in [2.75, 3.05) is 5.32 Å². The number of carbonyl (C=O) groups is 1. The summed E-state index contributed by atoms with van der Waals surface area (Å²) in [5, 5.41) is 3.02. The lowest BCUT2D eigenvalue weighted by Crippen LogP contribution is -2.12. The van der Waals surface area contributed by atoms with Crippen LogP contribution in [0.15, 0.2) is 65.2 Å². The molecular weight excluding hydrogens is 357 g/mol. The van der Waals surface area contributed by atoms with Crippen LogP contribution in [0.1, 0.15) is 10.4 Å². The maximum Gasteiger partial charge on any atom is 0.255 e. The lowest BCUT2D eigenvalue weighted by molar-refractivity contribution is 0.102. The predicted molar refractivity (Wildman–Crippen MR) is 96.6 cm³/mol. The van der Waals surface area contributed by atoms with Crippen LogP contribution in [0.3, 0.4) is 0 Å². The SMILES string of the molecule is O=C(Nc1cc(-c2nc3ncccc3o2)ccc1Cl)c1cccc(F)c1. The highest BCUT2D eigenvalue weighted by atomic mass is 35.5. The topological polar surface area (TPSA) is 68.0 Å². The van der Waals surface area contributed by atoms with E-state index in [0.717, 1.165) is 6.07 Å². The minimum absolute atomic E-state index is 0.192. The van der Waals surface area contributed by atoms with Gasteiger partial charge in [-0.2, -0.15) is 4.98 Å². The summed E-state index contributed by atoms with van der Waals surface area (Å²) in [4.78, 5) is 20.8. The molecule has 0 atom stereocenters. The molecule has 2 heterocycles. The standard InChI is InChI=1S/C19H11ClFN3O2/c20-14-7-6-12(19-24-17-16(26-19)5-2-8-22-17)10-15(14)23-18(25)11-3-1-4-13(21)9-11/h1-10H,(H,23,25). The van der Waals surface area contributed by atoms with Crippen molar-refractivity contribution in [1.29, 1.82) is 0 Å². The number of aromatic nitrogens is 2. The number of halogens is 2. The van der Waals surface area contributed by atoms with Crippen molar-refractivity contribution in [2.24, 2.45) is 0 Å². The van der Waals surface area contributed by atoms with Gasteiger partial charge in [-0.15, -0.1) is 0 Å². The highest BCUT2D eigenvalue weighted by Gasteiger charge is 2.13. The number of hydrogen-bond donors (Lipinski definition) is 1. The summed E-state index contributed by atoms with van der Waals surface area (Å²) >= 11 is 6.17. The van der Waals surface area contributed by atoms with E-state index in [9.17, 15) is 9.18 Å². The summed E-state index contributed by atoms with van der Waals surface area (Å²) in [6.45, 7) is 0. The van der Waals surface area contributed by atoms with Crippen LogP contribution < -0.4 is 5.32 Å². The van der Waals surface area contributed by atoms with Gasteiger partial charge in [-0.25, -0.2) is 9.37 Å². The molecule has 128 valence electrons. The van der Waals surface area contributed by atoms with E-state index in [-0.39, 0.29) is 5.56 Å². The Morgan fingerprint density at radius 3 is 2.81 bits per heavy atom. The minimum Gasteiger partial charge on any atom is -0.434 e. The number of amides is 1. The number of hydrogen-bond acceptors (Lipinski definition) is 4. The van der Waals surface area contributed by atoms with Crippen LogP contribution in [0.4, 0.5) is 10.1 Å². The number of carbonyl (C=O) groups excluding carboxylic acids is 1. The first kappa shape index (κ1) is 16.2. The summed E-state index contributed by atoms with van der Waals surface area (Å²) in [6.07, 6.45) is 1.63. The summed E-state index contributed by atoms with van der Waals surface area (Å²) in [5.41, 5.74) is 2.23.